The van der Waals surface area contributed by atoms with Crippen molar-refractivity contribution < 1.29 is 4.79 Å². The van der Waals surface area contributed by atoms with Crippen LogP contribution in [0.2, 0.25) is 0 Å². The van der Waals surface area contributed by atoms with Gasteiger partial charge in [0.15, 0.2) is 0 Å². The number of hydrogen-bond acceptors (Lipinski definition) is 2. The van der Waals surface area contributed by atoms with Gasteiger partial charge < -0.3 is 15.5 Å². The van der Waals surface area contributed by atoms with E-state index in [2.05, 4.69) is 59.2 Å². The number of rotatable bonds is 5. The lowest BCUT2D eigenvalue weighted by Crippen LogP contribution is -2.57. The molecule has 2 N–H and O–H groups in total. The van der Waals surface area contributed by atoms with E-state index < -0.39 is 0 Å². The van der Waals surface area contributed by atoms with Crippen LogP contribution in [-0.4, -0.2) is 36.6 Å². The molecule has 1 unspecified atom stereocenters. The Morgan fingerprint density at radius 2 is 1.45 bits per heavy atom. The van der Waals surface area contributed by atoms with Gasteiger partial charge in [-0.2, -0.15) is 0 Å². The molecule has 4 nitrogen and oxygen atoms in total. The summed E-state index contributed by atoms with van der Waals surface area (Å²) >= 11 is 0. The van der Waals surface area contributed by atoms with Crippen molar-refractivity contribution in [2.24, 2.45) is 0 Å². The molecule has 4 heteroatoms. The second-order valence-corrected chi connectivity index (χ2v) is 7.44. The first-order valence-electron chi connectivity index (χ1n) is 10.2. The second kappa shape index (κ2) is 9.39. The molecular formula is C25H27N3O. The van der Waals surface area contributed by atoms with Crippen LogP contribution in [0, 0.1) is 0 Å². The Morgan fingerprint density at radius 1 is 0.897 bits per heavy atom. The normalized spacial score (nSPS) is 16.6. The van der Waals surface area contributed by atoms with Gasteiger partial charge in [-0.15, -0.1) is 0 Å². The standard InChI is InChI=1S/C25H27N3O/c29-25(28-17-16-26-19-23(28)18-20-10-4-1-5-11-20)27-24(21-12-6-2-7-13-21)22-14-8-3-9-15-22/h1-15,23-24,26H,16-19H2,(H,27,29). The van der Waals surface area contributed by atoms with Crippen LogP contribution in [0.4, 0.5) is 4.79 Å². The highest BCUT2D eigenvalue weighted by atomic mass is 16.2. The maximum absolute atomic E-state index is 13.3. The van der Waals surface area contributed by atoms with E-state index in [1.807, 2.05) is 47.4 Å². The predicted octanol–water partition coefficient (Wildman–Crippen LogP) is 4.00. The Morgan fingerprint density at radius 3 is 2.03 bits per heavy atom. The zero-order valence-electron chi connectivity index (χ0n) is 16.5. The zero-order valence-corrected chi connectivity index (χ0v) is 16.5. The Hall–Kier alpha value is -3.11. The molecule has 0 aromatic heterocycles. The van der Waals surface area contributed by atoms with E-state index in [4.69, 9.17) is 0 Å². The van der Waals surface area contributed by atoms with Gasteiger partial charge in [-0.3, -0.25) is 0 Å². The summed E-state index contributed by atoms with van der Waals surface area (Å²) in [6.07, 6.45) is 0.850. The maximum atomic E-state index is 13.3. The highest BCUT2D eigenvalue weighted by Gasteiger charge is 2.28. The Labute approximate surface area is 172 Å². The van der Waals surface area contributed by atoms with Crippen molar-refractivity contribution in [3.8, 4) is 0 Å². The van der Waals surface area contributed by atoms with Gasteiger partial charge in [-0.25, -0.2) is 4.79 Å². The third-order valence-electron chi connectivity index (χ3n) is 5.46. The molecule has 1 saturated heterocycles. The number of piperazine rings is 1. The van der Waals surface area contributed by atoms with E-state index in [1.54, 1.807) is 0 Å². The highest BCUT2D eigenvalue weighted by molar-refractivity contribution is 5.76. The summed E-state index contributed by atoms with van der Waals surface area (Å²) in [6.45, 7) is 2.34. The van der Waals surface area contributed by atoms with Gasteiger partial charge in [0.2, 0.25) is 0 Å². The first kappa shape index (κ1) is 19.2. The third kappa shape index (κ3) is 4.84. The summed E-state index contributed by atoms with van der Waals surface area (Å²) in [5.74, 6) is 0. The molecule has 1 aliphatic rings. The lowest BCUT2D eigenvalue weighted by Gasteiger charge is -2.37. The molecule has 148 valence electrons. The minimum absolute atomic E-state index is 0.00913. The van der Waals surface area contributed by atoms with Gasteiger partial charge in [-0.1, -0.05) is 91.0 Å². The Kier molecular flexibility index (Phi) is 6.22. The van der Waals surface area contributed by atoms with Crippen LogP contribution in [-0.2, 0) is 6.42 Å². The van der Waals surface area contributed by atoms with Gasteiger partial charge in [0.25, 0.3) is 0 Å². The van der Waals surface area contributed by atoms with Crippen molar-refractivity contribution >= 4 is 6.03 Å². The van der Waals surface area contributed by atoms with Gasteiger partial charge >= 0.3 is 6.03 Å². The smallest absolute Gasteiger partial charge is 0.318 e. The highest BCUT2D eigenvalue weighted by Crippen LogP contribution is 2.23. The predicted molar refractivity (Wildman–Crippen MR) is 117 cm³/mol. The monoisotopic (exact) mass is 385 g/mol. The third-order valence-corrected chi connectivity index (χ3v) is 5.46. The van der Waals surface area contributed by atoms with Crippen LogP contribution in [0.5, 0.6) is 0 Å². The number of nitrogens with zero attached hydrogens (tertiary/aromatic N) is 1. The SMILES string of the molecule is O=C(NC(c1ccccc1)c1ccccc1)N1CCNCC1Cc1ccccc1. The van der Waals surface area contributed by atoms with Crippen molar-refractivity contribution in [1.29, 1.82) is 0 Å². The van der Waals surface area contributed by atoms with Gasteiger partial charge in [-0.05, 0) is 23.1 Å². The molecule has 1 heterocycles. The second-order valence-electron chi connectivity index (χ2n) is 7.44. The number of nitrogens with one attached hydrogen (secondary N) is 2. The lowest BCUT2D eigenvalue weighted by molar-refractivity contribution is 0.156. The van der Waals surface area contributed by atoms with E-state index in [1.165, 1.54) is 5.56 Å². The van der Waals surface area contributed by atoms with Crippen molar-refractivity contribution in [2.75, 3.05) is 19.6 Å². The Bertz CT molecular complexity index is 860. The molecule has 4 rings (SSSR count). The van der Waals surface area contributed by atoms with Gasteiger partial charge in [0.05, 0.1) is 6.04 Å². The van der Waals surface area contributed by atoms with Gasteiger partial charge in [0, 0.05) is 25.7 Å². The van der Waals surface area contributed by atoms with Crippen LogP contribution in [0.15, 0.2) is 91.0 Å². The average Bonchev–Trinajstić information content (AvgIpc) is 2.79. The molecule has 0 bridgehead atoms. The molecule has 29 heavy (non-hydrogen) atoms. The van der Waals surface area contributed by atoms with Crippen molar-refractivity contribution in [3.05, 3.63) is 108 Å². The van der Waals surface area contributed by atoms with Crippen molar-refractivity contribution in [3.63, 3.8) is 0 Å². The van der Waals surface area contributed by atoms with Crippen LogP contribution in [0.1, 0.15) is 22.7 Å². The molecule has 1 fully saturated rings. The molecule has 1 aliphatic heterocycles. The topological polar surface area (TPSA) is 44.4 Å². The van der Waals surface area contributed by atoms with Crippen LogP contribution in [0.3, 0.4) is 0 Å². The molecule has 3 aromatic carbocycles. The summed E-state index contributed by atoms with van der Waals surface area (Å²) in [5, 5.41) is 6.73. The number of urea groups is 1. The lowest BCUT2D eigenvalue weighted by atomic mass is 9.98. The van der Waals surface area contributed by atoms with Crippen LogP contribution >= 0.6 is 0 Å². The largest absolute Gasteiger partial charge is 0.327 e. The maximum Gasteiger partial charge on any atom is 0.318 e. The number of carbonyl (C=O) groups is 1. The molecule has 3 aromatic rings. The first-order chi connectivity index (χ1) is 14.3. The average molecular weight is 386 g/mol. The summed E-state index contributed by atoms with van der Waals surface area (Å²) < 4.78 is 0. The molecule has 0 saturated carbocycles. The quantitative estimate of drug-likeness (QED) is 0.697. The minimum atomic E-state index is -0.169. The Balaban J connectivity index is 1.54. The molecule has 0 spiro atoms. The fourth-order valence-corrected chi connectivity index (χ4v) is 3.95. The van der Waals surface area contributed by atoms with E-state index in [0.717, 1.165) is 30.6 Å². The fraction of sp³-hybridized carbons (Fsp3) is 0.240. The number of hydrogen-bond donors (Lipinski definition) is 2. The van der Waals surface area contributed by atoms with E-state index in [-0.39, 0.29) is 18.1 Å². The molecular weight excluding hydrogens is 358 g/mol. The van der Waals surface area contributed by atoms with Crippen molar-refractivity contribution in [2.45, 2.75) is 18.5 Å². The number of amides is 2. The van der Waals surface area contributed by atoms with Crippen molar-refractivity contribution in [1.82, 2.24) is 15.5 Å². The number of benzene rings is 3. The van der Waals surface area contributed by atoms with Crippen LogP contribution < -0.4 is 10.6 Å². The zero-order chi connectivity index (χ0) is 19.9. The fourth-order valence-electron chi connectivity index (χ4n) is 3.95. The molecule has 0 radical (unpaired) electrons. The molecule has 2 amide bonds. The van der Waals surface area contributed by atoms with Gasteiger partial charge in [0.1, 0.15) is 0 Å². The summed E-state index contributed by atoms with van der Waals surface area (Å²) in [4.78, 5) is 15.3. The summed E-state index contributed by atoms with van der Waals surface area (Å²) in [5.41, 5.74) is 3.42. The number of carbonyl (C=O) groups excluding carboxylic acids is 1. The molecule has 1 atom stereocenters. The summed E-state index contributed by atoms with van der Waals surface area (Å²) in [7, 11) is 0. The summed E-state index contributed by atoms with van der Waals surface area (Å²) in [6, 6.07) is 30.7. The minimum Gasteiger partial charge on any atom is -0.327 e. The molecule has 0 aliphatic carbocycles. The first-order valence-corrected chi connectivity index (χ1v) is 10.2. The van der Waals surface area contributed by atoms with E-state index >= 15 is 0 Å². The van der Waals surface area contributed by atoms with Crippen LogP contribution in [0.25, 0.3) is 0 Å². The van der Waals surface area contributed by atoms with E-state index in [0.29, 0.717) is 6.54 Å². The van der Waals surface area contributed by atoms with E-state index in [9.17, 15) is 4.79 Å².